The van der Waals surface area contributed by atoms with Gasteiger partial charge in [-0.25, -0.2) is 9.37 Å². The molecule has 138 valence electrons. The zero-order chi connectivity index (χ0) is 18.5. The van der Waals surface area contributed by atoms with Crippen molar-refractivity contribution >= 4 is 34.0 Å². The number of halogens is 1. The van der Waals surface area contributed by atoms with Crippen molar-refractivity contribution in [3.63, 3.8) is 0 Å². The van der Waals surface area contributed by atoms with Crippen molar-refractivity contribution in [2.75, 3.05) is 23.7 Å². The zero-order valence-electron chi connectivity index (χ0n) is 14.5. The van der Waals surface area contributed by atoms with E-state index in [-0.39, 0.29) is 23.5 Å². The quantitative estimate of drug-likeness (QED) is 0.841. The molecule has 1 aromatic heterocycles. The van der Waals surface area contributed by atoms with Crippen molar-refractivity contribution in [2.24, 2.45) is 5.92 Å². The minimum Gasteiger partial charge on any atom is -0.326 e. The first-order valence-electron chi connectivity index (χ1n) is 8.50. The summed E-state index contributed by atoms with van der Waals surface area (Å²) in [5, 5.41) is 6.13. The lowest BCUT2D eigenvalue weighted by atomic mass is 9.97. The van der Waals surface area contributed by atoms with Gasteiger partial charge in [-0.3, -0.25) is 14.5 Å². The molecule has 2 heterocycles. The molecule has 2 aromatic rings. The van der Waals surface area contributed by atoms with Crippen LogP contribution in [0.15, 0.2) is 30.5 Å². The van der Waals surface area contributed by atoms with Gasteiger partial charge in [-0.05, 0) is 43.7 Å². The van der Waals surface area contributed by atoms with Crippen LogP contribution in [0.1, 0.15) is 24.6 Å². The minimum atomic E-state index is -0.324. The second kappa shape index (κ2) is 8.37. The highest BCUT2D eigenvalue weighted by atomic mass is 32.1. The maximum Gasteiger partial charge on any atom is 0.228 e. The molecule has 3 rings (SSSR count). The van der Waals surface area contributed by atoms with Crippen LogP contribution in [0.3, 0.4) is 0 Å². The van der Waals surface area contributed by atoms with Gasteiger partial charge in [-0.15, -0.1) is 11.3 Å². The van der Waals surface area contributed by atoms with Gasteiger partial charge in [-0.2, -0.15) is 0 Å². The topological polar surface area (TPSA) is 74.3 Å². The highest BCUT2D eigenvalue weighted by molar-refractivity contribution is 7.15. The van der Waals surface area contributed by atoms with E-state index in [4.69, 9.17) is 0 Å². The molecule has 6 nitrogen and oxygen atoms in total. The Morgan fingerprint density at radius 1 is 1.31 bits per heavy atom. The first-order valence-corrected chi connectivity index (χ1v) is 9.32. The molecule has 0 aliphatic carbocycles. The van der Waals surface area contributed by atoms with Gasteiger partial charge in [-0.1, -0.05) is 0 Å². The van der Waals surface area contributed by atoms with Crippen LogP contribution in [0, 0.1) is 11.7 Å². The fourth-order valence-corrected chi connectivity index (χ4v) is 3.90. The molecule has 26 heavy (non-hydrogen) atoms. The van der Waals surface area contributed by atoms with E-state index in [1.54, 1.807) is 18.3 Å². The number of benzene rings is 1. The van der Waals surface area contributed by atoms with Crippen LogP contribution < -0.4 is 10.6 Å². The lowest BCUT2D eigenvalue weighted by Gasteiger charge is -2.31. The normalized spacial score (nSPS) is 17.7. The Bertz CT molecular complexity index is 778. The number of hydrogen-bond acceptors (Lipinski definition) is 5. The number of rotatable bonds is 5. The number of aromatic nitrogens is 1. The Kier molecular flexibility index (Phi) is 5.95. The standard InChI is InChI=1S/C18H21FN4O2S/c1-12(24)21-18-20-9-16(26-18)11-23-8-2-3-13(10-23)17(25)22-15-6-4-14(19)5-7-15/h4-7,9,13H,2-3,8,10-11H2,1H3,(H,22,25)(H,20,21,24). The van der Waals surface area contributed by atoms with Crippen molar-refractivity contribution in [1.82, 2.24) is 9.88 Å². The molecule has 1 saturated heterocycles. The van der Waals surface area contributed by atoms with Crippen LogP contribution in [0.25, 0.3) is 0 Å². The molecule has 1 unspecified atom stereocenters. The molecule has 0 spiro atoms. The molecule has 2 N–H and O–H groups in total. The van der Waals surface area contributed by atoms with Gasteiger partial charge in [0.25, 0.3) is 0 Å². The molecular formula is C18H21FN4O2S. The van der Waals surface area contributed by atoms with Crippen LogP contribution in [0.4, 0.5) is 15.2 Å². The molecule has 1 fully saturated rings. The second-order valence-electron chi connectivity index (χ2n) is 6.38. The van der Waals surface area contributed by atoms with E-state index in [2.05, 4.69) is 20.5 Å². The number of amides is 2. The number of anilines is 2. The van der Waals surface area contributed by atoms with Gasteiger partial charge in [0.2, 0.25) is 11.8 Å². The summed E-state index contributed by atoms with van der Waals surface area (Å²) in [5.41, 5.74) is 0.607. The number of hydrogen-bond donors (Lipinski definition) is 2. The van der Waals surface area contributed by atoms with Crippen LogP contribution in [-0.4, -0.2) is 34.8 Å². The van der Waals surface area contributed by atoms with Crippen LogP contribution >= 0.6 is 11.3 Å². The van der Waals surface area contributed by atoms with Crippen molar-refractivity contribution < 1.29 is 14.0 Å². The summed E-state index contributed by atoms with van der Waals surface area (Å²) >= 11 is 1.45. The fourth-order valence-electron chi connectivity index (χ4n) is 3.00. The molecule has 1 aliphatic rings. The monoisotopic (exact) mass is 376 g/mol. The summed E-state index contributed by atoms with van der Waals surface area (Å²) in [6.07, 6.45) is 3.54. The molecule has 1 aromatic carbocycles. The number of piperidine rings is 1. The van der Waals surface area contributed by atoms with E-state index in [0.717, 1.165) is 24.3 Å². The zero-order valence-corrected chi connectivity index (χ0v) is 15.3. The van der Waals surface area contributed by atoms with Gasteiger partial charge in [0, 0.05) is 36.8 Å². The van der Waals surface area contributed by atoms with Gasteiger partial charge in [0.05, 0.1) is 5.92 Å². The Morgan fingerprint density at radius 2 is 2.08 bits per heavy atom. The number of nitrogens with zero attached hydrogens (tertiary/aromatic N) is 2. The molecule has 1 aliphatic heterocycles. The van der Waals surface area contributed by atoms with E-state index in [0.29, 0.717) is 23.9 Å². The van der Waals surface area contributed by atoms with E-state index in [1.807, 2.05) is 0 Å². The lowest BCUT2D eigenvalue weighted by Crippen LogP contribution is -2.40. The van der Waals surface area contributed by atoms with E-state index in [1.165, 1.54) is 30.4 Å². The maximum atomic E-state index is 13.0. The molecule has 8 heteroatoms. The summed E-state index contributed by atoms with van der Waals surface area (Å²) < 4.78 is 13.0. The smallest absolute Gasteiger partial charge is 0.228 e. The summed E-state index contributed by atoms with van der Waals surface area (Å²) in [4.78, 5) is 31.0. The van der Waals surface area contributed by atoms with E-state index in [9.17, 15) is 14.0 Å². The van der Waals surface area contributed by atoms with Crippen LogP contribution in [-0.2, 0) is 16.1 Å². The average molecular weight is 376 g/mol. The van der Waals surface area contributed by atoms with Gasteiger partial charge < -0.3 is 10.6 Å². The number of likely N-dealkylation sites (tertiary alicyclic amines) is 1. The summed E-state index contributed by atoms with van der Waals surface area (Å²) in [6.45, 7) is 3.75. The average Bonchev–Trinajstić information content (AvgIpc) is 3.03. The fraction of sp³-hybridized carbons (Fsp3) is 0.389. The number of carbonyl (C=O) groups is 2. The third kappa shape index (κ3) is 5.09. The second-order valence-corrected chi connectivity index (χ2v) is 7.50. The predicted molar refractivity (Wildman–Crippen MR) is 99.4 cm³/mol. The molecule has 0 bridgehead atoms. The minimum absolute atomic E-state index is 0.0375. The van der Waals surface area contributed by atoms with Gasteiger partial charge in [0.15, 0.2) is 5.13 Å². The maximum absolute atomic E-state index is 13.0. The SMILES string of the molecule is CC(=O)Nc1ncc(CN2CCCC(C(=O)Nc3ccc(F)cc3)C2)s1. The van der Waals surface area contributed by atoms with E-state index < -0.39 is 0 Å². The summed E-state index contributed by atoms with van der Waals surface area (Å²) in [6, 6.07) is 5.79. The van der Waals surface area contributed by atoms with Crippen LogP contribution in [0.5, 0.6) is 0 Å². The first kappa shape index (κ1) is 18.5. The predicted octanol–water partition coefficient (Wildman–Crippen LogP) is 3.09. The van der Waals surface area contributed by atoms with Crippen molar-refractivity contribution in [2.45, 2.75) is 26.3 Å². The molecule has 0 radical (unpaired) electrons. The third-order valence-corrected chi connectivity index (χ3v) is 5.10. The summed E-state index contributed by atoms with van der Waals surface area (Å²) in [5.74, 6) is -0.600. The lowest BCUT2D eigenvalue weighted by molar-refractivity contribution is -0.121. The summed E-state index contributed by atoms with van der Waals surface area (Å²) in [7, 11) is 0. The highest BCUT2D eigenvalue weighted by Gasteiger charge is 2.26. The third-order valence-electron chi connectivity index (χ3n) is 4.20. The molecular weight excluding hydrogens is 355 g/mol. The van der Waals surface area contributed by atoms with Gasteiger partial charge in [0.1, 0.15) is 5.82 Å². The first-order chi connectivity index (χ1) is 12.5. The Hall–Kier alpha value is -2.32. The number of carbonyl (C=O) groups excluding carboxylic acids is 2. The Morgan fingerprint density at radius 3 is 2.81 bits per heavy atom. The Labute approximate surface area is 155 Å². The largest absolute Gasteiger partial charge is 0.326 e. The van der Waals surface area contributed by atoms with Crippen molar-refractivity contribution in [1.29, 1.82) is 0 Å². The molecule has 2 amide bonds. The van der Waals surface area contributed by atoms with Gasteiger partial charge >= 0.3 is 0 Å². The van der Waals surface area contributed by atoms with Crippen molar-refractivity contribution in [3.8, 4) is 0 Å². The number of thiazole rings is 1. The van der Waals surface area contributed by atoms with E-state index >= 15 is 0 Å². The highest BCUT2D eigenvalue weighted by Crippen LogP contribution is 2.24. The molecule has 0 saturated carbocycles. The van der Waals surface area contributed by atoms with Crippen molar-refractivity contribution in [3.05, 3.63) is 41.2 Å². The molecule has 1 atom stereocenters. The number of nitrogens with one attached hydrogen (secondary N) is 2. The Balaban J connectivity index is 1.54. The van der Waals surface area contributed by atoms with Crippen LogP contribution in [0.2, 0.25) is 0 Å².